The lowest BCUT2D eigenvalue weighted by Gasteiger charge is -2.08. The Morgan fingerprint density at radius 2 is 1.88 bits per heavy atom. The van der Waals surface area contributed by atoms with Gasteiger partial charge in [-0.1, -0.05) is 24.3 Å². The third-order valence-corrected chi connectivity index (χ3v) is 3.50. The fourth-order valence-electron chi connectivity index (χ4n) is 2.34. The molecule has 1 aromatic heterocycles. The van der Waals surface area contributed by atoms with E-state index >= 15 is 0 Å². The first-order chi connectivity index (χ1) is 11.9. The number of para-hydroxylation sites is 1. The number of anilines is 3. The van der Waals surface area contributed by atoms with Crippen LogP contribution in [0.3, 0.4) is 0 Å². The third kappa shape index (κ3) is 3.19. The molecular formula is C17H15N5O2. The minimum atomic E-state index is 0.274. The lowest BCUT2D eigenvalue weighted by atomic mass is 10.2. The van der Waals surface area contributed by atoms with Crippen LogP contribution in [0.5, 0.6) is 11.5 Å². The van der Waals surface area contributed by atoms with E-state index in [1.807, 2.05) is 48.5 Å². The van der Waals surface area contributed by atoms with E-state index in [1.165, 1.54) is 0 Å². The van der Waals surface area contributed by atoms with E-state index in [0.717, 1.165) is 22.7 Å². The highest BCUT2D eigenvalue weighted by atomic mass is 16.7. The lowest BCUT2D eigenvalue weighted by Crippen LogP contribution is -2.05. The van der Waals surface area contributed by atoms with Crippen molar-refractivity contribution in [3.63, 3.8) is 0 Å². The first-order valence-electron chi connectivity index (χ1n) is 7.51. The average molecular weight is 321 g/mol. The summed E-state index contributed by atoms with van der Waals surface area (Å²) in [4.78, 5) is 4.40. The van der Waals surface area contributed by atoms with Crippen molar-refractivity contribution < 1.29 is 9.47 Å². The summed E-state index contributed by atoms with van der Waals surface area (Å²) < 4.78 is 10.7. The second-order valence-corrected chi connectivity index (χ2v) is 5.20. The normalized spacial score (nSPS) is 12.0. The zero-order chi connectivity index (χ0) is 16.2. The van der Waals surface area contributed by atoms with Gasteiger partial charge in [-0.05, 0) is 29.8 Å². The predicted molar refractivity (Wildman–Crippen MR) is 89.4 cm³/mol. The van der Waals surface area contributed by atoms with Crippen molar-refractivity contribution in [2.75, 3.05) is 17.4 Å². The number of nitrogens with zero attached hydrogens (tertiary/aromatic N) is 3. The SMILES string of the molecule is c1ccc(Nc2nncc(NCc3ccc4c(c3)OCO4)n2)cc1. The van der Waals surface area contributed by atoms with Gasteiger partial charge < -0.3 is 20.1 Å². The maximum absolute atomic E-state index is 5.38. The molecule has 120 valence electrons. The van der Waals surface area contributed by atoms with Gasteiger partial charge in [0.1, 0.15) is 0 Å². The quantitative estimate of drug-likeness (QED) is 0.747. The van der Waals surface area contributed by atoms with Crippen LogP contribution in [0, 0.1) is 0 Å². The smallest absolute Gasteiger partial charge is 0.249 e. The fraction of sp³-hybridized carbons (Fsp3) is 0.118. The van der Waals surface area contributed by atoms with E-state index in [4.69, 9.17) is 9.47 Å². The predicted octanol–water partition coefficient (Wildman–Crippen LogP) is 2.96. The summed E-state index contributed by atoms with van der Waals surface area (Å²) in [5, 5.41) is 14.3. The van der Waals surface area contributed by atoms with Crippen molar-refractivity contribution in [2.45, 2.75) is 6.54 Å². The number of rotatable bonds is 5. The lowest BCUT2D eigenvalue weighted by molar-refractivity contribution is 0.174. The Morgan fingerprint density at radius 3 is 2.79 bits per heavy atom. The second-order valence-electron chi connectivity index (χ2n) is 5.20. The van der Waals surface area contributed by atoms with Crippen molar-refractivity contribution >= 4 is 17.5 Å². The first-order valence-corrected chi connectivity index (χ1v) is 7.51. The van der Waals surface area contributed by atoms with Crippen LogP contribution < -0.4 is 20.1 Å². The van der Waals surface area contributed by atoms with Crippen molar-refractivity contribution in [1.29, 1.82) is 0 Å². The summed E-state index contributed by atoms with van der Waals surface area (Å²) in [6, 6.07) is 15.6. The monoisotopic (exact) mass is 321 g/mol. The fourth-order valence-corrected chi connectivity index (χ4v) is 2.34. The van der Waals surface area contributed by atoms with Crippen molar-refractivity contribution in [1.82, 2.24) is 15.2 Å². The Labute approximate surface area is 138 Å². The summed E-state index contributed by atoms with van der Waals surface area (Å²) >= 11 is 0. The highest BCUT2D eigenvalue weighted by Gasteiger charge is 2.13. The van der Waals surface area contributed by atoms with Crippen molar-refractivity contribution in [3.05, 3.63) is 60.3 Å². The Bertz CT molecular complexity index is 841. The zero-order valence-corrected chi connectivity index (χ0v) is 12.8. The molecule has 2 N–H and O–H groups in total. The Balaban J connectivity index is 1.42. The van der Waals surface area contributed by atoms with Crippen LogP contribution in [0.1, 0.15) is 5.56 Å². The molecule has 0 saturated heterocycles. The highest BCUT2D eigenvalue weighted by Crippen LogP contribution is 2.32. The molecule has 2 heterocycles. The van der Waals surface area contributed by atoms with Gasteiger partial charge in [0, 0.05) is 12.2 Å². The Hall–Kier alpha value is -3.35. The van der Waals surface area contributed by atoms with Gasteiger partial charge >= 0.3 is 0 Å². The van der Waals surface area contributed by atoms with Gasteiger partial charge in [0.15, 0.2) is 17.3 Å². The molecule has 0 aliphatic carbocycles. The largest absolute Gasteiger partial charge is 0.454 e. The molecule has 24 heavy (non-hydrogen) atoms. The molecule has 0 radical (unpaired) electrons. The van der Waals surface area contributed by atoms with E-state index in [2.05, 4.69) is 25.8 Å². The summed E-state index contributed by atoms with van der Waals surface area (Å²) in [7, 11) is 0. The number of ether oxygens (including phenoxy) is 2. The maximum Gasteiger partial charge on any atom is 0.249 e. The molecule has 4 rings (SSSR count). The standard InChI is InChI=1S/C17H15N5O2/c1-2-4-13(5-3-1)20-17-21-16(10-19-22-17)18-9-12-6-7-14-15(8-12)24-11-23-14/h1-8,10H,9,11H2,(H2,18,20,21,22). The molecule has 7 nitrogen and oxygen atoms in total. The molecule has 1 aliphatic heterocycles. The minimum absolute atomic E-state index is 0.274. The topological polar surface area (TPSA) is 81.2 Å². The van der Waals surface area contributed by atoms with Gasteiger partial charge in [-0.2, -0.15) is 10.1 Å². The Morgan fingerprint density at radius 1 is 1.00 bits per heavy atom. The van der Waals surface area contributed by atoms with E-state index in [0.29, 0.717) is 18.3 Å². The molecule has 0 unspecified atom stereocenters. The molecule has 0 saturated carbocycles. The van der Waals surface area contributed by atoms with Crippen molar-refractivity contribution in [3.8, 4) is 11.5 Å². The minimum Gasteiger partial charge on any atom is -0.454 e. The van der Waals surface area contributed by atoms with Crippen LogP contribution in [0.25, 0.3) is 0 Å². The van der Waals surface area contributed by atoms with Crippen LogP contribution in [0.4, 0.5) is 17.5 Å². The van der Waals surface area contributed by atoms with Crippen molar-refractivity contribution in [2.24, 2.45) is 0 Å². The molecule has 7 heteroatoms. The van der Waals surface area contributed by atoms with Gasteiger partial charge in [-0.15, -0.1) is 5.10 Å². The summed E-state index contributed by atoms with van der Waals surface area (Å²) in [6.07, 6.45) is 1.59. The number of fused-ring (bicyclic) bond motifs is 1. The molecule has 0 spiro atoms. The molecule has 0 bridgehead atoms. The van der Waals surface area contributed by atoms with E-state index in [9.17, 15) is 0 Å². The first kappa shape index (κ1) is 14.3. The van der Waals surface area contributed by atoms with Gasteiger partial charge in [-0.25, -0.2) is 0 Å². The third-order valence-electron chi connectivity index (χ3n) is 3.50. The zero-order valence-electron chi connectivity index (χ0n) is 12.8. The number of benzene rings is 2. The summed E-state index contributed by atoms with van der Waals surface area (Å²) in [5.41, 5.74) is 1.97. The molecule has 2 aromatic carbocycles. The average Bonchev–Trinajstić information content (AvgIpc) is 3.09. The molecule has 0 atom stereocenters. The van der Waals surface area contributed by atoms with Crippen LogP contribution in [-0.2, 0) is 6.54 Å². The van der Waals surface area contributed by atoms with Gasteiger partial charge in [0.2, 0.25) is 12.7 Å². The van der Waals surface area contributed by atoms with Crippen LogP contribution in [0.2, 0.25) is 0 Å². The number of aromatic nitrogens is 3. The van der Waals surface area contributed by atoms with E-state index in [1.54, 1.807) is 6.20 Å². The molecular weight excluding hydrogens is 306 g/mol. The van der Waals surface area contributed by atoms with Gasteiger partial charge in [0.05, 0.1) is 6.20 Å². The molecule has 1 aliphatic rings. The summed E-state index contributed by atoms with van der Waals surface area (Å²) in [6.45, 7) is 0.872. The van der Waals surface area contributed by atoms with Crippen LogP contribution >= 0.6 is 0 Å². The van der Waals surface area contributed by atoms with Crippen LogP contribution in [0.15, 0.2) is 54.7 Å². The molecule has 3 aromatic rings. The van der Waals surface area contributed by atoms with Gasteiger partial charge in [0.25, 0.3) is 0 Å². The number of hydrogen-bond acceptors (Lipinski definition) is 7. The number of hydrogen-bond donors (Lipinski definition) is 2. The van der Waals surface area contributed by atoms with E-state index < -0.39 is 0 Å². The molecule has 0 fully saturated rings. The highest BCUT2D eigenvalue weighted by molar-refractivity contribution is 5.53. The second kappa shape index (κ2) is 6.41. The maximum atomic E-state index is 5.38. The summed E-state index contributed by atoms with van der Waals surface area (Å²) in [5.74, 6) is 2.62. The number of nitrogens with one attached hydrogen (secondary N) is 2. The molecule has 0 amide bonds. The van der Waals surface area contributed by atoms with Gasteiger partial charge in [-0.3, -0.25) is 0 Å². The van der Waals surface area contributed by atoms with Crippen LogP contribution in [-0.4, -0.2) is 22.0 Å². The van der Waals surface area contributed by atoms with E-state index in [-0.39, 0.29) is 6.79 Å². The Kier molecular flexibility index (Phi) is 3.81.